The van der Waals surface area contributed by atoms with Crippen molar-refractivity contribution >= 4 is 11.0 Å². The van der Waals surface area contributed by atoms with Crippen LogP contribution in [0.1, 0.15) is 0 Å². The maximum Gasteiger partial charge on any atom is 0.190 e. The second-order valence-corrected chi connectivity index (χ2v) is 1.98. The minimum atomic E-state index is 0.121. The number of rotatable bonds is 0. The number of aromatic nitrogens is 3. The molecule has 4 nitrogen and oxygen atoms in total. The van der Waals surface area contributed by atoms with Gasteiger partial charge in [-0.15, -0.1) is 0 Å². The SMILES string of the molecule is Oc1cc2ncncc2[nH]1. The molecule has 0 aromatic carbocycles. The molecule has 0 unspecified atom stereocenters. The minimum Gasteiger partial charge on any atom is -0.495 e. The van der Waals surface area contributed by atoms with Crippen molar-refractivity contribution in [2.24, 2.45) is 0 Å². The fourth-order valence-corrected chi connectivity index (χ4v) is 0.854. The molecule has 2 N–H and O–H groups in total. The molecule has 2 heterocycles. The van der Waals surface area contributed by atoms with E-state index in [4.69, 9.17) is 5.11 Å². The Kier molecular flexibility index (Phi) is 0.887. The summed E-state index contributed by atoms with van der Waals surface area (Å²) in [5, 5.41) is 8.93. The molecule has 50 valence electrons. The maximum atomic E-state index is 8.93. The summed E-state index contributed by atoms with van der Waals surface area (Å²) in [5.74, 6) is 0.121. The fraction of sp³-hybridized carbons (Fsp3) is 0. The molecule has 0 saturated heterocycles. The molecule has 0 aliphatic carbocycles. The van der Waals surface area contributed by atoms with Gasteiger partial charge < -0.3 is 10.1 Å². The van der Waals surface area contributed by atoms with Crippen LogP contribution in [0.25, 0.3) is 11.0 Å². The van der Waals surface area contributed by atoms with Crippen LogP contribution in [0.5, 0.6) is 5.88 Å². The molecule has 4 heteroatoms. The summed E-state index contributed by atoms with van der Waals surface area (Å²) < 4.78 is 0. The van der Waals surface area contributed by atoms with Gasteiger partial charge in [-0.3, -0.25) is 0 Å². The van der Waals surface area contributed by atoms with Gasteiger partial charge in [0.1, 0.15) is 6.33 Å². The summed E-state index contributed by atoms with van der Waals surface area (Å²) in [7, 11) is 0. The fourth-order valence-electron chi connectivity index (χ4n) is 0.854. The van der Waals surface area contributed by atoms with Crippen LogP contribution < -0.4 is 0 Å². The van der Waals surface area contributed by atoms with Gasteiger partial charge in [-0.1, -0.05) is 0 Å². The highest BCUT2D eigenvalue weighted by atomic mass is 16.3. The highest BCUT2D eigenvalue weighted by molar-refractivity contribution is 5.75. The summed E-state index contributed by atoms with van der Waals surface area (Å²) in [6, 6.07) is 1.55. The molecule has 0 saturated carbocycles. The van der Waals surface area contributed by atoms with Crippen LogP contribution in [0, 0.1) is 0 Å². The lowest BCUT2D eigenvalue weighted by atomic mass is 10.5. The summed E-state index contributed by atoms with van der Waals surface area (Å²) in [6.45, 7) is 0. The van der Waals surface area contributed by atoms with Crippen molar-refractivity contribution in [1.29, 1.82) is 0 Å². The van der Waals surface area contributed by atoms with Crippen LogP contribution in [0.3, 0.4) is 0 Å². The maximum absolute atomic E-state index is 8.93. The monoisotopic (exact) mass is 135 g/mol. The number of fused-ring (bicyclic) bond motifs is 1. The first-order chi connectivity index (χ1) is 4.86. The first-order valence-electron chi connectivity index (χ1n) is 2.84. The van der Waals surface area contributed by atoms with Crippen LogP contribution in [0.15, 0.2) is 18.6 Å². The summed E-state index contributed by atoms with van der Waals surface area (Å²) >= 11 is 0. The Balaban J connectivity index is 2.88. The lowest BCUT2D eigenvalue weighted by molar-refractivity contribution is 0.458. The van der Waals surface area contributed by atoms with E-state index < -0.39 is 0 Å². The highest BCUT2D eigenvalue weighted by Gasteiger charge is 1.96. The van der Waals surface area contributed by atoms with E-state index in [0.29, 0.717) is 0 Å². The van der Waals surface area contributed by atoms with Gasteiger partial charge in [0.15, 0.2) is 5.88 Å². The van der Waals surface area contributed by atoms with Crippen LogP contribution >= 0.6 is 0 Å². The zero-order valence-electron chi connectivity index (χ0n) is 5.07. The third-order valence-corrected chi connectivity index (χ3v) is 1.28. The van der Waals surface area contributed by atoms with Crippen molar-refractivity contribution in [2.75, 3.05) is 0 Å². The average Bonchev–Trinajstić information content (AvgIpc) is 2.27. The Morgan fingerprint density at radius 3 is 3.20 bits per heavy atom. The van der Waals surface area contributed by atoms with Crippen molar-refractivity contribution in [3.05, 3.63) is 18.6 Å². The molecule has 0 fully saturated rings. The third kappa shape index (κ3) is 0.621. The van der Waals surface area contributed by atoms with E-state index in [-0.39, 0.29) is 5.88 Å². The molecule has 2 aromatic heterocycles. The molecule has 0 aliphatic heterocycles. The zero-order valence-corrected chi connectivity index (χ0v) is 5.07. The molecule has 0 radical (unpaired) electrons. The third-order valence-electron chi connectivity index (χ3n) is 1.28. The number of H-pyrrole nitrogens is 1. The molecular weight excluding hydrogens is 130 g/mol. The Bertz CT molecular complexity index is 322. The average molecular weight is 135 g/mol. The lowest BCUT2D eigenvalue weighted by Gasteiger charge is -1.81. The number of nitrogens with one attached hydrogen (secondary N) is 1. The number of aromatic hydroxyl groups is 1. The van der Waals surface area contributed by atoms with Gasteiger partial charge in [-0.2, -0.15) is 0 Å². The zero-order chi connectivity index (χ0) is 6.97. The number of nitrogens with zero attached hydrogens (tertiary/aromatic N) is 2. The van der Waals surface area contributed by atoms with Crippen molar-refractivity contribution < 1.29 is 5.11 Å². The van der Waals surface area contributed by atoms with E-state index in [9.17, 15) is 0 Å². The molecule has 0 atom stereocenters. The standard InChI is InChI=1S/C6H5N3O/c10-6-1-4-5(9-6)2-7-3-8-4/h1-3,9-10H. The molecule has 10 heavy (non-hydrogen) atoms. The van der Waals surface area contributed by atoms with E-state index in [0.717, 1.165) is 11.0 Å². The van der Waals surface area contributed by atoms with Crippen LogP contribution in [0.2, 0.25) is 0 Å². The molecule has 0 spiro atoms. The predicted octanol–water partition coefficient (Wildman–Crippen LogP) is 0.663. The molecule has 2 rings (SSSR count). The summed E-state index contributed by atoms with van der Waals surface area (Å²) in [6.07, 6.45) is 3.05. The number of hydrogen-bond donors (Lipinski definition) is 2. The van der Waals surface area contributed by atoms with Gasteiger partial charge in [0.05, 0.1) is 17.2 Å². The number of aromatic amines is 1. The molecule has 2 aromatic rings. The van der Waals surface area contributed by atoms with Gasteiger partial charge in [0.2, 0.25) is 0 Å². The molecule has 0 aliphatic rings. The van der Waals surface area contributed by atoms with E-state index in [1.807, 2.05) is 0 Å². The van der Waals surface area contributed by atoms with Crippen LogP contribution in [-0.2, 0) is 0 Å². The molecule has 0 bridgehead atoms. The molecule has 0 amide bonds. The minimum absolute atomic E-state index is 0.121. The predicted molar refractivity (Wildman–Crippen MR) is 35.6 cm³/mol. The van der Waals surface area contributed by atoms with Gasteiger partial charge in [0.25, 0.3) is 0 Å². The topological polar surface area (TPSA) is 61.8 Å². The largest absolute Gasteiger partial charge is 0.495 e. The Morgan fingerprint density at radius 2 is 2.40 bits per heavy atom. The van der Waals surface area contributed by atoms with E-state index in [1.165, 1.54) is 6.33 Å². The lowest BCUT2D eigenvalue weighted by Crippen LogP contribution is -1.74. The van der Waals surface area contributed by atoms with E-state index >= 15 is 0 Å². The second-order valence-electron chi connectivity index (χ2n) is 1.98. The second kappa shape index (κ2) is 1.70. The Morgan fingerprint density at radius 1 is 1.50 bits per heavy atom. The Labute approximate surface area is 56.6 Å². The van der Waals surface area contributed by atoms with Crippen molar-refractivity contribution in [2.45, 2.75) is 0 Å². The quantitative estimate of drug-likeness (QED) is 0.557. The van der Waals surface area contributed by atoms with Gasteiger partial charge >= 0.3 is 0 Å². The normalized spacial score (nSPS) is 10.4. The van der Waals surface area contributed by atoms with Gasteiger partial charge in [-0.05, 0) is 0 Å². The van der Waals surface area contributed by atoms with Crippen molar-refractivity contribution in [1.82, 2.24) is 15.0 Å². The van der Waals surface area contributed by atoms with Gasteiger partial charge in [-0.25, -0.2) is 9.97 Å². The van der Waals surface area contributed by atoms with Gasteiger partial charge in [0, 0.05) is 6.07 Å². The first-order valence-corrected chi connectivity index (χ1v) is 2.84. The Hall–Kier alpha value is -1.58. The smallest absolute Gasteiger partial charge is 0.190 e. The van der Waals surface area contributed by atoms with E-state index in [1.54, 1.807) is 12.3 Å². The highest BCUT2D eigenvalue weighted by Crippen LogP contribution is 2.14. The van der Waals surface area contributed by atoms with Crippen LogP contribution in [-0.4, -0.2) is 20.1 Å². The summed E-state index contributed by atoms with van der Waals surface area (Å²) in [4.78, 5) is 10.4. The number of hydrogen-bond acceptors (Lipinski definition) is 3. The van der Waals surface area contributed by atoms with Crippen molar-refractivity contribution in [3.8, 4) is 5.88 Å². The van der Waals surface area contributed by atoms with E-state index in [2.05, 4.69) is 15.0 Å². The van der Waals surface area contributed by atoms with Crippen LogP contribution in [0.4, 0.5) is 0 Å². The molecular formula is C6H5N3O. The van der Waals surface area contributed by atoms with Crippen molar-refractivity contribution in [3.63, 3.8) is 0 Å². The summed E-state index contributed by atoms with van der Waals surface area (Å²) in [5.41, 5.74) is 1.48. The first kappa shape index (κ1) is 5.22.